The number of ether oxygens (including phenoxy) is 1. The first kappa shape index (κ1) is 29.4. The summed E-state index contributed by atoms with van der Waals surface area (Å²) in [5.74, 6) is -3.40. The first-order chi connectivity index (χ1) is 15.6. The summed E-state index contributed by atoms with van der Waals surface area (Å²) in [6, 6.07) is 4.39. The van der Waals surface area contributed by atoms with Crippen molar-refractivity contribution in [3.05, 3.63) is 23.4 Å². The number of carboxylic acids is 2. The average molecular weight is 503 g/mol. The van der Waals surface area contributed by atoms with Crippen molar-refractivity contribution in [1.29, 1.82) is 0 Å². The number of aromatic nitrogens is 1. The van der Waals surface area contributed by atoms with Crippen molar-refractivity contribution in [2.75, 3.05) is 44.8 Å². The fraction of sp³-hybridized carbons (Fsp3) is 0.650. The zero-order valence-corrected chi connectivity index (χ0v) is 18.6. The molecule has 0 unspecified atom stereocenters. The normalized spacial score (nSPS) is 16.3. The van der Waals surface area contributed by atoms with E-state index < -0.39 is 24.3 Å². The molecule has 0 aromatic carbocycles. The maximum absolute atomic E-state index is 10.6. The maximum atomic E-state index is 10.6. The van der Waals surface area contributed by atoms with Gasteiger partial charge in [0.05, 0.1) is 6.61 Å². The number of hydrogen-bond acceptors (Lipinski definition) is 6. The molecule has 194 valence electrons. The van der Waals surface area contributed by atoms with Crippen LogP contribution in [0.25, 0.3) is 0 Å². The molecule has 1 aliphatic heterocycles. The van der Waals surface area contributed by atoms with Crippen molar-refractivity contribution < 1.29 is 50.9 Å². The van der Waals surface area contributed by atoms with E-state index in [0.29, 0.717) is 0 Å². The standard InChI is InChI=1S/C16H25N3O.2C2HF3O2/c1-13-3-6-15-12-18(11-14-4-5-14)7-8-19(9-10-20-2)16(15)17-13;2*3-2(4,5)1(6)7/h3,6,14H,4-5,7-12H2,1-2H3;2*(H,6,7). The highest BCUT2D eigenvalue weighted by Crippen LogP contribution is 2.31. The molecule has 1 saturated carbocycles. The second-order valence-electron chi connectivity index (χ2n) is 7.70. The van der Waals surface area contributed by atoms with Gasteiger partial charge < -0.3 is 19.8 Å². The highest BCUT2D eigenvalue weighted by molar-refractivity contribution is 5.73. The summed E-state index contributed by atoms with van der Waals surface area (Å²) in [5, 5.41) is 14.2. The molecule has 0 saturated heterocycles. The van der Waals surface area contributed by atoms with Crippen LogP contribution in [-0.2, 0) is 20.9 Å². The number of aryl methyl sites for hydroxylation is 1. The van der Waals surface area contributed by atoms with Crippen LogP contribution in [-0.4, -0.2) is 84.3 Å². The van der Waals surface area contributed by atoms with Crippen LogP contribution in [0.2, 0.25) is 0 Å². The second-order valence-corrected chi connectivity index (χ2v) is 7.70. The lowest BCUT2D eigenvalue weighted by atomic mass is 10.2. The van der Waals surface area contributed by atoms with E-state index in [1.54, 1.807) is 7.11 Å². The molecule has 1 aromatic heterocycles. The summed E-state index contributed by atoms with van der Waals surface area (Å²) in [6.45, 7) is 8.25. The number of carbonyl (C=O) groups is 2. The van der Waals surface area contributed by atoms with Crippen LogP contribution in [0.5, 0.6) is 0 Å². The minimum atomic E-state index is -5.08. The molecule has 2 N–H and O–H groups in total. The summed E-state index contributed by atoms with van der Waals surface area (Å²) in [4.78, 5) is 27.6. The second kappa shape index (κ2) is 12.7. The van der Waals surface area contributed by atoms with Gasteiger partial charge in [0.2, 0.25) is 0 Å². The summed E-state index contributed by atoms with van der Waals surface area (Å²) >= 11 is 0. The lowest BCUT2D eigenvalue weighted by molar-refractivity contribution is -0.193. The molecular formula is C20H27F6N3O5. The number of fused-ring (bicyclic) bond motifs is 1. The van der Waals surface area contributed by atoms with Gasteiger partial charge >= 0.3 is 24.3 Å². The Kier molecular flexibility index (Phi) is 11.0. The Morgan fingerprint density at radius 2 is 1.59 bits per heavy atom. The molecule has 2 heterocycles. The molecule has 0 radical (unpaired) electrons. The van der Waals surface area contributed by atoms with Crippen LogP contribution >= 0.6 is 0 Å². The number of halogens is 6. The van der Waals surface area contributed by atoms with Crippen molar-refractivity contribution in [2.45, 2.75) is 38.7 Å². The van der Waals surface area contributed by atoms with E-state index in [1.807, 2.05) is 0 Å². The van der Waals surface area contributed by atoms with Gasteiger partial charge in [-0.25, -0.2) is 14.6 Å². The van der Waals surface area contributed by atoms with E-state index in [9.17, 15) is 26.3 Å². The summed E-state index contributed by atoms with van der Waals surface area (Å²) in [7, 11) is 1.77. The largest absolute Gasteiger partial charge is 0.490 e. The Balaban J connectivity index is 0.000000343. The Morgan fingerprint density at radius 1 is 1.06 bits per heavy atom. The van der Waals surface area contributed by atoms with Crippen LogP contribution in [0.1, 0.15) is 24.1 Å². The summed E-state index contributed by atoms with van der Waals surface area (Å²) < 4.78 is 68.7. The van der Waals surface area contributed by atoms with Gasteiger partial charge in [-0.05, 0) is 31.7 Å². The van der Waals surface area contributed by atoms with E-state index >= 15 is 0 Å². The highest BCUT2D eigenvalue weighted by atomic mass is 19.4. The monoisotopic (exact) mass is 503 g/mol. The Hall–Kier alpha value is -2.61. The lowest BCUT2D eigenvalue weighted by Crippen LogP contribution is -2.34. The first-order valence-corrected chi connectivity index (χ1v) is 10.2. The zero-order valence-electron chi connectivity index (χ0n) is 18.6. The van der Waals surface area contributed by atoms with Crippen LogP contribution < -0.4 is 4.90 Å². The van der Waals surface area contributed by atoms with Gasteiger partial charge in [0.15, 0.2) is 0 Å². The molecule has 3 rings (SSSR count). The van der Waals surface area contributed by atoms with Crippen LogP contribution in [0, 0.1) is 12.8 Å². The minimum Gasteiger partial charge on any atom is -0.475 e. The molecule has 0 atom stereocenters. The van der Waals surface area contributed by atoms with Crippen molar-refractivity contribution in [3.63, 3.8) is 0 Å². The first-order valence-electron chi connectivity index (χ1n) is 10.2. The van der Waals surface area contributed by atoms with Crippen molar-refractivity contribution in [2.24, 2.45) is 5.92 Å². The molecule has 34 heavy (non-hydrogen) atoms. The van der Waals surface area contributed by atoms with Gasteiger partial charge in [0.25, 0.3) is 0 Å². The third kappa shape index (κ3) is 11.0. The van der Waals surface area contributed by atoms with Gasteiger partial charge in [0, 0.05) is 51.1 Å². The SMILES string of the molecule is COCCN1CCN(CC2CC2)Cc2ccc(C)nc21.O=C(O)C(F)(F)F.O=C(O)C(F)(F)F. The Labute approximate surface area is 192 Å². The maximum Gasteiger partial charge on any atom is 0.490 e. The van der Waals surface area contributed by atoms with Crippen LogP contribution in [0.4, 0.5) is 32.2 Å². The number of anilines is 1. The lowest BCUT2D eigenvalue weighted by Gasteiger charge is -2.23. The molecule has 14 heteroatoms. The summed E-state index contributed by atoms with van der Waals surface area (Å²) in [5.41, 5.74) is 2.46. The van der Waals surface area contributed by atoms with E-state index in [2.05, 4.69) is 28.9 Å². The number of carboxylic acid groups (broad SMARTS) is 2. The van der Waals surface area contributed by atoms with E-state index in [1.165, 1.54) is 30.8 Å². The molecular weight excluding hydrogens is 476 g/mol. The van der Waals surface area contributed by atoms with Crippen molar-refractivity contribution in [3.8, 4) is 0 Å². The van der Waals surface area contributed by atoms with Crippen LogP contribution in [0.3, 0.4) is 0 Å². The Morgan fingerprint density at radius 3 is 2.03 bits per heavy atom. The third-order valence-electron chi connectivity index (χ3n) is 4.74. The molecule has 8 nitrogen and oxygen atoms in total. The predicted octanol–water partition coefficient (Wildman–Crippen LogP) is 3.34. The fourth-order valence-corrected chi connectivity index (χ4v) is 2.90. The minimum absolute atomic E-state index is 0.762. The molecule has 2 aliphatic rings. The van der Waals surface area contributed by atoms with Gasteiger partial charge in [-0.15, -0.1) is 0 Å². The predicted molar refractivity (Wildman–Crippen MR) is 108 cm³/mol. The molecule has 1 aromatic rings. The molecule has 1 fully saturated rings. The number of alkyl halides is 6. The topological polar surface area (TPSA) is 103 Å². The number of methoxy groups -OCH3 is 1. The van der Waals surface area contributed by atoms with Gasteiger partial charge in [-0.2, -0.15) is 26.3 Å². The van der Waals surface area contributed by atoms with Gasteiger partial charge in [-0.1, -0.05) is 6.07 Å². The molecule has 0 spiro atoms. The number of nitrogens with zero attached hydrogens (tertiary/aromatic N) is 3. The fourth-order valence-electron chi connectivity index (χ4n) is 2.90. The highest BCUT2D eigenvalue weighted by Gasteiger charge is 2.38. The van der Waals surface area contributed by atoms with E-state index in [4.69, 9.17) is 29.5 Å². The van der Waals surface area contributed by atoms with E-state index in [0.717, 1.165) is 44.4 Å². The smallest absolute Gasteiger partial charge is 0.475 e. The third-order valence-corrected chi connectivity index (χ3v) is 4.74. The quantitative estimate of drug-likeness (QED) is 0.590. The number of hydrogen-bond donors (Lipinski definition) is 2. The van der Waals surface area contributed by atoms with Gasteiger partial charge in [0.1, 0.15) is 5.82 Å². The molecule has 1 aliphatic carbocycles. The number of aliphatic carboxylic acids is 2. The number of rotatable bonds is 5. The Bertz CT molecular complexity index is 791. The summed E-state index contributed by atoms with van der Waals surface area (Å²) in [6.07, 6.45) is -7.33. The van der Waals surface area contributed by atoms with E-state index in [-0.39, 0.29) is 0 Å². The van der Waals surface area contributed by atoms with Crippen molar-refractivity contribution >= 4 is 17.8 Å². The van der Waals surface area contributed by atoms with Gasteiger partial charge in [-0.3, -0.25) is 4.90 Å². The molecule has 0 bridgehead atoms. The van der Waals surface area contributed by atoms with Crippen LogP contribution in [0.15, 0.2) is 12.1 Å². The number of pyridine rings is 1. The molecule has 0 amide bonds. The zero-order chi connectivity index (χ0) is 26.1. The average Bonchev–Trinajstić information content (AvgIpc) is 3.54. The van der Waals surface area contributed by atoms with Crippen molar-refractivity contribution in [1.82, 2.24) is 9.88 Å².